The number of rotatable bonds is 4. The molecule has 0 saturated carbocycles. The summed E-state index contributed by atoms with van der Waals surface area (Å²) in [6.45, 7) is 6.26. The van der Waals surface area contributed by atoms with Gasteiger partial charge in [0.25, 0.3) is 0 Å². The molecular formula is C14H21NO3. The normalized spacial score (nSPS) is 11.3. The van der Waals surface area contributed by atoms with Gasteiger partial charge in [-0.1, -0.05) is 12.1 Å². The highest BCUT2D eigenvalue weighted by molar-refractivity contribution is 5.77. The van der Waals surface area contributed by atoms with E-state index >= 15 is 0 Å². The van der Waals surface area contributed by atoms with Gasteiger partial charge in [0.05, 0.1) is 5.60 Å². The van der Waals surface area contributed by atoms with Crippen LogP contribution in [0, 0.1) is 0 Å². The SMILES string of the molecule is CN(Cc1cccc(O)c1)C(=O)COC(C)(C)C. The monoisotopic (exact) mass is 251 g/mol. The minimum absolute atomic E-state index is 0.0683. The second-order valence-corrected chi connectivity index (χ2v) is 5.32. The third kappa shape index (κ3) is 5.19. The van der Waals surface area contributed by atoms with E-state index in [1.54, 1.807) is 30.1 Å². The van der Waals surface area contributed by atoms with Crippen LogP contribution in [0.5, 0.6) is 5.75 Å². The zero-order valence-corrected chi connectivity index (χ0v) is 11.4. The van der Waals surface area contributed by atoms with E-state index in [9.17, 15) is 9.90 Å². The third-order valence-electron chi connectivity index (χ3n) is 2.38. The molecule has 0 atom stereocenters. The number of likely N-dealkylation sites (N-methyl/N-ethyl adjacent to an activating group) is 1. The van der Waals surface area contributed by atoms with Crippen LogP contribution in [0.1, 0.15) is 26.3 Å². The standard InChI is InChI=1S/C14H21NO3/c1-14(2,3)18-10-13(17)15(4)9-11-6-5-7-12(16)8-11/h5-8,16H,9-10H2,1-4H3. The first-order valence-corrected chi connectivity index (χ1v) is 5.94. The summed E-state index contributed by atoms with van der Waals surface area (Å²) in [7, 11) is 1.72. The fourth-order valence-corrected chi connectivity index (χ4v) is 1.41. The number of carbonyl (C=O) groups excluding carboxylic acids is 1. The Hall–Kier alpha value is -1.55. The van der Waals surface area contributed by atoms with Crippen molar-refractivity contribution in [3.05, 3.63) is 29.8 Å². The molecule has 1 N–H and O–H groups in total. The maximum Gasteiger partial charge on any atom is 0.248 e. The van der Waals surface area contributed by atoms with Gasteiger partial charge in [-0.15, -0.1) is 0 Å². The van der Waals surface area contributed by atoms with Crippen LogP contribution in [-0.4, -0.2) is 35.2 Å². The molecule has 1 amide bonds. The predicted octanol–water partition coefficient (Wildman–Crippen LogP) is 2.17. The molecule has 18 heavy (non-hydrogen) atoms. The molecule has 0 radical (unpaired) electrons. The predicted molar refractivity (Wildman–Crippen MR) is 70.3 cm³/mol. The Bertz CT molecular complexity index is 410. The van der Waals surface area contributed by atoms with Crippen LogP contribution >= 0.6 is 0 Å². The summed E-state index contributed by atoms with van der Waals surface area (Å²) in [5.41, 5.74) is 0.572. The molecule has 0 unspecified atom stereocenters. The molecule has 100 valence electrons. The van der Waals surface area contributed by atoms with E-state index in [1.807, 2.05) is 26.8 Å². The Morgan fingerprint density at radius 2 is 2.06 bits per heavy atom. The van der Waals surface area contributed by atoms with Crippen molar-refractivity contribution in [1.82, 2.24) is 4.90 Å². The minimum Gasteiger partial charge on any atom is -0.508 e. The van der Waals surface area contributed by atoms with Crippen molar-refractivity contribution in [3.63, 3.8) is 0 Å². The average molecular weight is 251 g/mol. The van der Waals surface area contributed by atoms with Crippen molar-refractivity contribution >= 4 is 5.91 Å². The summed E-state index contributed by atoms with van der Waals surface area (Å²) in [5, 5.41) is 9.35. The van der Waals surface area contributed by atoms with Crippen LogP contribution in [0.4, 0.5) is 0 Å². The highest BCUT2D eigenvalue weighted by Gasteiger charge is 2.15. The minimum atomic E-state index is -0.318. The van der Waals surface area contributed by atoms with Gasteiger partial charge in [0, 0.05) is 13.6 Å². The number of hydrogen-bond donors (Lipinski definition) is 1. The fraction of sp³-hybridized carbons (Fsp3) is 0.500. The molecule has 0 fully saturated rings. The highest BCUT2D eigenvalue weighted by Crippen LogP contribution is 2.13. The molecule has 4 nitrogen and oxygen atoms in total. The third-order valence-corrected chi connectivity index (χ3v) is 2.38. The number of aromatic hydroxyl groups is 1. The maximum absolute atomic E-state index is 11.8. The first kappa shape index (κ1) is 14.5. The van der Waals surface area contributed by atoms with Crippen molar-refractivity contribution in [2.24, 2.45) is 0 Å². The topological polar surface area (TPSA) is 49.8 Å². The Morgan fingerprint density at radius 1 is 1.39 bits per heavy atom. The zero-order chi connectivity index (χ0) is 13.8. The largest absolute Gasteiger partial charge is 0.508 e. The molecule has 0 heterocycles. The van der Waals surface area contributed by atoms with E-state index in [1.165, 1.54) is 0 Å². The molecule has 0 aliphatic carbocycles. The quantitative estimate of drug-likeness (QED) is 0.892. The smallest absolute Gasteiger partial charge is 0.248 e. The summed E-state index contributed by atoms with van der Waals surface area (Å²) < 4.78 is 5.43. The maximum atomic E-state index is 11.8. The van der Waals surface area contributed by atoms with Gasteiger partial charge in [-0.25, -0.2) is 0 Å². The fourth-order valence-electron chi connectivity index (χ4n) is 1.41. The van der Waals surface area contributed by atoms with Crippen LogP contribution in [-0.2, 0) is 16.1 Å². The van der Waals surface area contributed by atoms with Crippen molar-refractivity contribution in [2.75, 3.05) is 13.7 Å². The number of phenolic OH excluding ortho intramolecular Hbond substituents is 1. The molecule has 0 bridgehead atoms. The van der Waals surface area contributed by atoms with Crippen LogP contribution < -0.4 is 0 Å². The van der Waals surface area contributed by atoms with Crippen molar-refractivity contribution in [1.29, 1.82) is 0 Å². The van der Waals surface area contributed by atoms with Crippen molar-refractivity contribution in [3.8, 4) is 5.75 Å². The van der Waals surface area contributed by atoms with Gasteiger partial charge in [0.2, 0.25) is 5.91 Å². The second-order valence-electron chi connectivity index (χ2n) is 5.32. The van der Waals surface area contributed by atoms with Crippen molar-refractivity contribution < 1.29 is 14.6 Å². The molecule has 0 spiro atoms. The summed E-state index contributed by atoms with van der Waals surface area (Å²) in [6.07, 6.45) is 0. The Kier molecular flexibility index (Phi) is 4.73. The van der Waals surface area contributed by atoms with E-state index in [2.05, 4.69) is 0 Å². The number of benzene rings is 1. The molecule has 1 rings (SSSR count). The van der Waals surface area contributed by atoms with E-state index in [-0.39, 0.29) is 23.9 Å². The molecular weight excluding hydrogens is 230 g/mol. The molecule has 0 aliphatic heterocycles. The second kappa shape index (κ2) is 5.87. The number of hydrogen-bond acceptors (Lipinski definition) is 3. The lowest BCUT2D eigenvalue weighted by Gasteiger charge is -2.22. The molecule has 4 heteroatoms. The molecule has 0 aromatic heterocycles. The van der Waals surface area contributed by atoms with E-state index in [0.717, 1.165) is 5.56 Å². The van der Waals surface area contributed by atoms with Gasteiger partial charge in [0.15, 0.2) is 0 Å². The van der Waals surface area contributed by atoms with Gasteiger partial charge < -0.3 is 14.7 Å². The summed E-state index contributed by atoms with van der Waals surface area (Å²) in [4.78, 5) is 13.4. The number of carbonyl (C=O) groups is 1. The van der Waals surface area contributed by atoms with Gasteiger partial charge in [0.1, 0.15) is 12.4 Å². The van der Waals surface area contributed by atoms with Gasteiger partial charge in [-0.05, 0) is 38.5 Å². The number of ether oxygens (including phenoxy) is 1. The zero-order valence-electron chi connectivity index (χ0n) is 11.4. The van der Waals surface area contributed by atoms with Crippen LogP contribution in [0.2, 0.25) is 0 Å². The van der Waals surface area contributed by atoms with Crippen LogP contribution in [0.25, 0.3) is 0 Å². The molecule has 1 aromatic rings. The van der Waals surface area contributed by atoms with Crippen LogP contribution in [0.15, 0.2) is 24.3 Å². The van der Waals surface area contributed by atoms with E-state index in [0.29, 0.717) is 6.54 Å². The lowest BCUT2D eigenvalue weighted by atomic mass is 10.2. The highest BCUT2D eigenvalue weighted by atomic mass is 16.5. The first-order chi connectivity index (χ1) is 8.28. The molecule has 1 aromatic carbocycles. The van der Waals surface area contributed by atoms with Gasteiger partial charge >= 0.3 is 0 Å². The average Bonchev–Trinajstić information content (AvgIpc) is 2.24. The van der Waals surface area contributed by atoms with E-state index in [4.69, 9.17) is 4.74 Å². The Morgan fingerprint density at radius 3 is 2.61 bits per heavy atom. The van der Waals surface area contributed by atoms with Gasteiger partial charge in [-0.3, -0.25) is 4.79 Å². The number of nitrogens with zero attached hydrogens (tertiary/aromatic N) is 1. The van der Waals surface area contributed by atoms with Crippen LogP contribution in [0.3, 0.4) is 0 Å². The Labute approximate surface area is 108 Å². The first-order valence-electron chi connectivity index (χ1n) is 5.94. The van der Waals surface area contributed by atoms with Gasteiger partial charge in [-0.2, -0.15) is 0 Å². The summed E-state index contributed by atoms with van der Waals surface area (Å²) in [5.74, 6) is 0.132. The number of amides is 1. The lowest BCUT2D eigenvalue weighted by molar-refractivity contribution is -0.140. The molecule has 0 saturated heterocycles. The summed E-state index contributed by atoms with van der Waals surface area (Å²) in [6, 6.07) is 6.88. The number of phenols is 1. The molecule has 0 aliphatic rings. The lowest BCUT2D eigenvalue weighted by Crippen LogP contribution is -2.33. The van der Waals surface area contributed by atoms with E-state index < -0.39 is 0 Å². The summed E-state index contributed by atoms with van der Waals surface area (Å²) >= 11 is 0. The Balaban J connectivity index is 2.50. The van der Waals surface area contributed by atoms with Crippen molar-refractivity contribution in [2.45, 2.75) is 32.9 Å².